The highest BCUT2D eigenvalue weighted by molar-refractivity contribution is 5.95. The maximum Gasteiger partial charge on any atom is 0.251 e. The molecule has 0 heterocycles. The lowest BCUT2D eigenvalue weighted by molar-refractivity contribution is 0.0911. The Labute approximate surface area is 165 Å². The highest BCUT2D eigenvalue weighted by Crippen LogP contribution is 2.23. The van der Waals surface area contributed by atoms with Crippen LogP contribution in [0, 0.1) is 0 Å². The maximum absolute atomic E-state index is 12.4. The van der Waals surface area contributed by atoms with Crippen LogP contribution in [0.4, 0.5) is 5.69 Å². The Morgan fingerprint density at radius 1 is 1.18 bits per heavy atom. The Bertz CT molecular complexity index is 805. The van der Waals surface area contributed by atoms with E-state index in [1.807, 2.05) is 24.3 Å². The summed E-state index contributed by atoms with van der Waals surface area (Å²) >= 11 is 0. The predicted octanol–water partition coefficient (Wildman–Crippen LogP) is 2.54. The zero-order valence-corrected chi connectivity index (χ0v) is 16.0. The maximum atomic E-state index is 12.4. The molecule has 28 heavy (non-hydrogen) atoms. The van der Waals surface area contributed by atoms with Crippen LogP contribution in [-0.2, 0) is 13.0 Å². The number of aliphatic hydroxyl groups is 1. The molecule has 0 bridgehead atoms. The molecule has 6 heteroatoms. The van der Waals surface area contributed by atoms with Crippen LogP contribution in [0.1, 0.15) is 47.2 Å². The van der Waals surface area contributed by atoms with E-state index in [1.54, 1.807) is 18.2 Å². The van der Waals surface area contributed by atoms with Gasteiger partial charge in [0.05, 0.1) is 6.10 Å². The van der Waals surface area contributed by atoms with Crippen molar-refractivity contribution in [1.29, 1.82) is 0 Å². The number of anilines is 1. The molecule has 0 saturated heterocycles. The number of aryl methyl sites for hydroxylation is 1. The Hall–Kier alpha value is -2.57. The van der Waals surface area contributed by atoms with Crippen molar-refractivity contribution < 1.29 is 15.0 Å². The number of carbonyl (C=O) groups excluding carboxylic acids is 1. The summed E-state index contributed by atoms with van der Waals surface area (Å²) in [4.78, 5) is 12.4. The zero-order valence-electron chi connectivity index (χ0n) is 16.0. The van der Waals surface area contributed by atoms with Gasteiger partial charge in [0.1, 0.15) is 5.75 Å². The highest BCUT2D eigenvalue weighted by Gasteiger charge is 2.17. The summed E-state index contributed by atoms with van der Waals surface area (Å²) in [6.45, 7) is 0.525. The first-order valence-electron chi connectivity index (χ1n) is 9.89. The standard InChI is InChI=1S/C22H29N3O3/c23-13-17-12-20(26)9-7-15(17)8-10-21(27)14-24-22(28)16-3-1-6-19(11-16)25-18-4-2-5-18/h1,3,6-7,9,11-12,18,21,25-27H,2,4-5,8,10,13-14,23H2,(H,24,28)/t21-/m0/s1. The number of benzene rings is 2. The van der Waals surface area contributed by atoms with Gasteiger partial charge in [-0.15, -0.1) is 0 Å². The number of phenols is 1. The second-order valence-corrected chi connectivity index (χ2v) is 7.41. The molecule has 2 aromatic rings. The SMILES string of the molecule is NCc1cc(O)ccc1CC[C@H](O)CNC(=O)c1cccc(NC2CCC2)c1. The monoisotopic (exact) mass is 383 g/mol. The molecule has 3 rings (SSSR count). The largest absolute Gasteiger partial charge is 0.508 e. The van der Waals surface area contributed by atoms with Gasteiger partial charge in [-0.2, -0.15) is 0 Å². The van der Waals surface area contributed by atoms with E-state index in [0.717, 1.165) is 16.8 Å². The Morgan fingerprint density at radius 2 is 2.00 bits per heavy atom. The highest BCUT2D eigenvalue weighted by atomic mass is 16.3. The average molecular weight is 383 g/mol. The lowest BCUT2D eigenvalue weighted by Crippen LogP contribution is -2.32. The molecule has 6 nitrogen and oxygen atoms in total. The van der Waals surface area contributed by atoms with Gasteiger partial charge in [0.2, 0.25) is 0 Å². The van der Waals surface area contributed by atoms with E-state index in [1.165, 1.54) is 19.3 Å². The van der Waals surface area contributed by atoms with Crippen LogP contribution in [0.15, 0.2) is 42.5 Å². The summed E-state index contributed by atoms with van der Waals surface area (Å²) in [5.41, 5.74) is 9.12. The second-order valence-electron chi connectivity index (χ2n) is 7.41. The van der Waals surface area contributed by atoms with Gasteiger partial charge in [0, 0.05) is 30.4 Å². The summed E-state index contributed by atoms with van der Waals surface area (Å²) < 4.78 is 0. The normalized spacial score (nSPS) is 14.9. The first-order valence-corrected chi connectivity index (χ1v) is 9.89. The van der Waals surface area contributed by atoms with Crippen molar-refractivity contribution in [2.24, 2.45) is 5.73 Å². The fourth-order valence-corrected chi connectivity index (χ4v) is 3.32. The molecule has 0 aromatic heterocycles. The van der Waals surface area contributed by atoms with Gasteiger partial charge >= 0.3 is 0 Å². The third-order valence-corrected chi connectivity index (χ3v) is 5.26. The lowest BCUT2D eigenvalue weighted by atomic mass is 9.93. The van der Waals surface area contributed by atoms with E-state index in [2.05, 4.69) is 10.6 Å². The number of aliphatic hydroxyl groups excluding tert-OH is 1. The number of amides is 1. The van der Waals surface area contributed by atoms with E-state index in [0.29, 0.717) is 31.0 Å². The van der Waals surface area contributed by atoms with Crippen molar-refractivity contribution in [2.45, 2.75) is 50.8 Å². The van der Waals surface area contributed by atoms with Gasteiger partial charge in [-0.25, -0.2) is 0 Å². The average Bonchev–Trinajstić information content (AvgIpc) is 2.68. The fourth-order valence-electron chi connectivity index (χ4n) is 3.32. The molecular weight excluding hydrogens is 354 g/mol. The van der Waals surface area contributed by atoms with Gasteiger partial charge in [-0.1, -0.05) is 12.1 Å². The van der Waals surface area contributed by atoms with Crippen molar-refractivity contribution >= 4 is 11.6 Å². The van der Waals surface area contributed by atoms with Crippen molar-refractivity contribution in [3.63, 3.8) is 0 Å². The number of carbonyl (C=O) groups is 1. The van der Waals surface area contributed by atoms with Crippen molar-refractivity contribution in [3.8, 4) is 5.75 Å². The van der Waals surface area contributed by atoms with Crippen molar-refractivity contribution in [3.05, 3.63) is 59.2 Å². The van der Waals surface area contributed by atoms with Gasteiger partial charge in [0.15, 0.2) is 0 Å². The first-order chi connectivity index (χ1) is 13.5. The van der Waals surface area contributed by atoms with Crippen LogP contribution in [0.3, 0.4) is 0 Å². The van der Waals surface area contributed by atoms with Crippen LogP contribution in [0.5, 0.6) is 5.75 Å². The number of hydrogen-bond acceptors (Lipinski definition) is 5. The Balaban J connectivity index is 1.47. The molecule has 2 aromatic carbocycles. The molecule has 1 aliphatic rings. The van der Waals surface area contributed by atoms with E-state index >= 15 is 0 Å². The summed E-state index contributed by atoms with van der Waals surface area (Å²) in [6.07, 6.45) is 4.09. The molecule has 0 spiro atoms. The number of hydrogen-bond donors (Lipinski definition) is 5. The third kappa shape index (κ3) is 5.47. The molecule has 0 unspecified atom stereocenters. The number of aromatic hydroxyl groups is 1. The molecule has 1 aliphatic carbocycles. The third-order valence-electron chi connectivity index (χ3n) is 5.26. The van der Waals surface area contributed by atoms with Crippen LogP contribution in [0.25, 0.3) is 0 Å². The molecule has 6 N–H and O–H groups in total. The van der Waals surface area contributed by atoms with E-state index in [9.17, 15) is 15.0 Å². The molecule has 1 fully saturated rings. The minimum Gasteiger partial charge on any atom is -0.508 e. The second kappa shape index (κ2) is 9.57. The summed E-state index contributed by atoms with van der Waals surface area (Å²) in [6, 6.07) is 13.1. The van der Waals surface area contributed by atoms with Crippen LogP contribution < -0.4 is 16.4 Å². The molecule has 150 valence electrons. The number of nitrogens with one attached hydrogen (secondary N) is 2. The Morgan fingerprint density at radius 3 is 2.71 bits per heavy atom. The number of rotatable bonds is 9. The molecule has 0 radical (unpaired) electrons. The van der Waals surface area contributed by atoms with Crippen LogP contribution in [-0.4, -0.2) is 34.8 Å². The predicted molar refractivity (Wildman–Crippen MR) is 110 cm³/mol. The molecular formula is C22H29N3O3. The molecule has 1 saturated carbocycles. The van der Waals surface area contributed by atoms with Crippen LogP contribution >= 0.6 is 0 Å². The number of phenolic OH excluding ortho intramolecular Hbond substituents is 1. The molecule has 0 aliphatic heterocycles. The fraction of sp³-hybridized carbons (Fsp3) is 0.409. The summed E-state index contributed by atoms with van der Waals surface area (Å²) in [5, 5.41) is 26.0. The smallest absolute Gasteiger partial charge is 0.251 e. The van der Waals surface area contributed by atoms with Crippen molar-refractivity contribution in [1.82, 2.24) is 5.32 Å². The van der Waals surface area contributed by atoms with Gasteiger partial charge in [-0.05, 0) is 73.6 Å². The zero-order chi connectivity index (χ0) is 19.9. The number of nitrogens with two attached hydrogens (primary N) is 1. The lowest BCUT2D eigenvalue weighted by Gasteiger charge is -2.27. The van der Waals surface area contributed by atoms with Crippen molar-refractivity contribution in [2.75, 3.05) is 11.9 Å². The van der Waals surface area contributed by atoms with E-state index < -0.39 is 6.10 Å². The molecule has 1 atom stereocenters. The van der Waals surface area contributed by atoms with Crippen LogP contribution in [0.2, 0.25) is 0 Å². The van der Waals surface area contributed by atoms with Gasteiger partial charge < -0.3 is 26.6 Å². The van der Waals surface area contributed by atoms with E-state index in [4.69, 9.17) is 5.73 Å². The minimum atomic E-state index is -0.653. The Kier molecular flexibility index (Phi) is 6.90. The minimum absolute atomic E-state index is 0.186. The first kappa shape index (κ1) is 20.2. The summed E-state index contributed by atoms with van der Waals surface area (Å²) in [7, 11) is 0. The van der Waals surface area contributed by atoms with Gasteiger partial charge in [-0.3, -0.25) is 4.79 Å². The van der Waals surface area contributed by atoms with Gasteiger partial charge in [0.25, 0.3) is 5.91 Å². The van der Waals surface area contributed by atoms with E-state index in [-0.39, 0.29) is 18.2 Å². The quantitative estimate of drug-likeness (QED) is 0.457. The topological polar surface area (TPSA) is 108 Å². The molecule has 1 amide bonds. The summed E-state index contributed by atoms with van der Waals surface area (Å²) in [5.74, 6) is -0.00497.